The lowest BCUT2D eigenvalue weighted by Gasteiger charge is -2.09. The first-order valence-electron chi connectivity index (χ1n) is 6.13. The van der Waals surface area contributed by atoms with Gasteiger partial charge in [-0.15, -0.1) is 0 Å². The van der Waals surface area contributed by atoms with E-state index < -0.39 is 5.91 Å². The average Bonchev–Trinajstić information content (AvgIpc) is 2.45. The number of nitrogens with two attached hydrogens (primary N) is 1. The molecule has 0 aliphatic rings. The fraction of sp³-hybridized carbons (Fsp3) is 0.133. The van der Waals surface area contributed by atoms with Gasteiger partial charge in [0.2, 0.25) is 0 Å². The zero-order valence-electron chi connectivity index (χ0n) is 10.8. The van der Waals surface area contributed by atoms with Crippen molar-refractivity contribution in [1.29, 1.82) is 0 Å². The first-order chi connectivity index (χ1) is 9.65. The molecule has 0 saturated heterocycles. The number of nitrogens with one attached hydrogen (secondary N) is 1. The minimum absolute atomic E-state index is 0.170. The molecule has 0 spiro atoms. The van der Waals surface area contributed by atoms with Gasteiger partial charge >= 0.3 is 0 Å². The van der Waals surface area contributed by atoms with Crippen LogP contribution in [-0.2, 0) is 11.3 Å². The van der Waals surface area contributed by atoms with Crippen LogP contribution in [0.5, 0.6) is 5.75 Å². The molecule has 0 radical (unpaired) electrons. The van der Waals surface area contributed by atoms with Gasteiger partial charge in [-0.25, -0.2) is 4.39 Å². The van der Waals surface area contributed by atoms with Crippen LogP contribution in [0.1, 0.15) is 5.56 Å². The molecule has 0 fully saturated rings. The topological polar surface area (TPSA) is 64.4 Å². The van der Waals surface area contributed by atoms with E-state index in [1.54, 1.807) is 36.4 Å². The second kappa shape index (κ2) is 6.56. The molecule has 2 aromatic rings. The average molecular weight is 274 g/mol. The van der Waals surface area contributed by atoms with Crippen molar-refractivity contribution in [3.05, 3.63) is 59.9 Å². The summed E-state index contributed by atoms with van der Waals surface area (Å²) in [6.45, 7) is 0.197. The zero-order chi connectivity index (χ0) is 14.4. The summed E-state index contributed by atoms with van der Waals surface area (Å²) in [6, 6.07) is 13.6. The number of anilines is 1. The molecular weight excluding hydrogens is 259 g/mol. The van der Waals surface area contributed by atoms with Gasteiger partial charge in [-0.2, -0.15) is 0 Å². The summed E-state index contributed by atoms with van der Waals surface area (Å²) in [4.78, 5) is 10.6. The molecular formula is C15H15FN2O2. The van der Waals surface area contributed by atoms with Crippen LogP contribution in [-0.4, -0.2) is 12.5 Å². The number of amides is 1. The highest BCUT2D eigenvalue weighted by Crippen LogP contribution is 2.18. The first-order valence-corrected chi connectivity index (χ1v) is 6.13. The molecule has 20 heavy (non-hydrogen) atoms. The summed E-state index contributed by atoms with van der Waals surface area (Å²) in [5.41, 5.74) is 6.36. The van der Waals surface area contributed by atoms with Crippen LogP contribution in [0.15, 0.2) is 48.5 Å². The van der Waals surface area contributed by atoms with Gasteiger partial charge < -0.3 is 15.8 Å². The molecule has 1 amide bonds. The van der Waals surface area contributed by atoms with Gasteiger partial charge in [0.25, 0.3) is 5.91 Å². The number of rotatable bonds is 6. The third-order valence-electron chi connectivity index (χ3n) is 2.66. The third kappa shape index (κ3) is 3.98. The number of primary amides is 1. The SMILES string of the molecule is NC(=O)COc1cccc(NCc2ccccc2F)c1. The van der Waals surface area contributed by atoms with Crippen LogP contribution in [0, 0.1) is 5.82 Å². The Hall–Kier alpha value is -2.56. The maximum absolute atomic E-state index is 13.5. The highest BCUT2D eigenvalue weighted by molar-refractivity contribution is 5.75. The molecule has 0 aliphatic heterocycles. The summed E-state index contributed by atoms with van der Waals surface area (Å²) in [6.07, 6.45) is 0. The molecule has 2 aromatic carbocycles. The normalized spacial score (nSPS) is 10.1. The highest BCUT2D eigenvalue weighted by Gasteiger charge is 2.02. The second-order valence-corrected chi connectivity index (χ2v) is 4.23. The molecule has 5 heteroatoms. The van der Waals surface area contributed by atoms with Crippen molar-refractivity contribution in [2.75, 3.05) is 11.9 Å². The van der Waals surface area contributed by atoms with E-state index in [9.17, 15) is 9.18 Å². The Morgan fingerprint density at radius 2 is 2.00 bits per heavy atom. The molecule has 0 bridgehead atoms. The number of halogens is 1. The minimum Gasteiger partial charge on any atom is -0.484 e. The lowest BCUT2D eigenvalue weighted by atomic mass is 10.2. The maximum Gasteiger partial charge on any atom is 0.255 e. The van der Waals surface area contributed by atoms with Crippen LogP contribution in [0.4, 0.5) is 10.1 Å². The molecule has 0 atom stereocenters. The molecule has 0 heterocycles. The largest absolute Gasteiger partial charge is 0.484 e. The number of hydrogen-bond donors (Lipinski definition) is 2. The fourth-order valence-electron chi connectivity index (χ4n) is 1.69. The Morgan fingerprint density at radius 1 is 1.20 bits per heavy atom. The van der Waals surface area contributed by atoms with E-state index in [-0.39, 0.29) is 12.4 Å². The Morgan fingerprint density at radius 3 is 2.75 bits per heavy atom. The Labute approximate surface area is 116 Å². The van der Waals surface area contributed by atoms with Gasteiger partial charge in [0.15, 0.2) is 6.61 Å². The van der Waals surface area contributed by atoms with E-state index in [0.29, 0.717) is 17.9 Å². The number of hydrogen-bond acceptors (Lipinski definition) is 3. The van der Waals surface area contributed by atoms with E-state index >= 15 is 0 Å². The molecule has 3 N–H and O–H groups in total. The van der Waals surface area contributed by atoms with Crippen LogP contribution in [0.25, 0.3) is 0 Å². The molecule has 4 nitrogen and oxygen atoms in total. The van der Waals surface area contributed by atoms with Crippen LogP contribution in [0.3, 0.4) is 0 Å². The Kier molecular flexibility index (Phi) is 4.55. The summed E-state index contributed by atoms with van der Waals surface area (Å²) in [7, 11) is 0. The van der Waals surface area contributed by atoms with Crippen molar-refractivity contribution < 1.29 is 13.9 Å². The number of carbonyl (C=O) groups is 1. The number of ether oxygens (including phenoxy) is 1. The molecule has 0 unspecified atom stereocenters. The maximum atomic E-state index is 13.5. The second-order valence-electron chi connectivity index (χ2n) is 4.23. The highest BCUT2D eigenvalue weighted by atomic mass is 19.1. The standard InChI is InChI=1S/C15H15FN2O2/c16-14-7-2-1-4-11(14)9-18-12-5-3-6-13(8-12)20-10-15(17)19/h1-8,18H,9-10H2,(H2,17,19). The van der Waals surface area contributed by atoms with E-state index in [2.05, 4.69) is 5.32 Å². The van der Waals surface area contributed by atoms with Crippen molar-refractivity contribution in [2.45, 2.75) is 6.54 Å². The van der Waals surface area contributed by atoms with E-state index in [1.807, 2.05) is 6.07 Å². The monoisotopic (exact) mass is 274 g/mol. The minimum atomic E-state index is -0.533. The van der Waals surface area contributed by atoms with Gasteiger partial charge in [-0.3, -0.25) is 4.79 Å². The molecule has 2 rings (SSSR count). The smallest absolute Gasteiger partial charge is 0.255 e. The van der Waals surface area contributed by atoms with E-state index in [4.69, 9.17) is 10.5 Å². The Bertz CT molecular complexity index is 602. The van der Waals surface area contributed by atoms with Gasteiger partial charge in [0.05, 0.1) is 0 Å². The summed E-state index contributed by atoms with van der Waals surface area (Å²) < 4.78 is 18.7. The van der Waals surface area contributed by atoms with Crippen LogP contribution >= 0.6 is 0 Å². The third-order valence-corrected chi connectivity index (χ3v) is 2.66. The summed E-state index contributed by atoms with van der Waals surface area (Å²) in [5, 5.41) is 3.09. The van der Waals surface area contributed by atoms with Gasteiger partial charge in [0, 0.05) is 23.9 Å². The van der Waals surface area contributed by atoms with Gasteiger partial charge in [-0.05, 0) is 18.2 Å². The van der Waals surface area contributed by atoms with Crippen molar-refractivity contribution in [3.8, 4) is 5.75 Å². The predicted molar refractivity (Wildman–Crippen MR) is 74.9 cm³/mol. The Balaban J connectivity index is 1.98. The molecule has 104 valence electrons. The van der Waals surface area contributed by atoms with Crippen LogP contribution < -0.4 is 15.8 Å². The molecule has 0 saturated carbocycles. The van der Waals surface area contributed by atoms with Crippen molar-refractivity contribution in [3.63, 3.8) is 0 Å². The van der Waals surface area contributed by atoms with E-state index in [0.717, 1.165) is 5.69 Å². The quantitative estimate of drug-likeness (QED) is 0.849. The number of carbonyl (C=O) groups excluding carboxylic acids is 1. The summed E-state index contributed by atoms with van der Waals surface area (Å²) >= 11 is 0. The lowest BCUT2D eigenvalue weighted by molar-refractivity contribution is -0.119. The summed E-state index contributed by atoms with van der Waals surface area (Å²) in [5.74, 6) is -0.252. The lowest BCUT2D eigenvalue weighted by Crippen LogP contribution is -2.20. The fourth-order valence-corrected chi connectivity index (χ4v) is 1.69. The van der Waals surface area contributed by atoms with Crippen LogP contribution in [0.2, 0.25) is 0 Å². The van der Waals surface area contributed by atoms with Crippen molar-refractivity contribution in [1.82, 2.24) is 0 Å². The zero-order valence-corrected chi connectivity index (χ0v) is 10.8. The number of benzene rings is 2. The van der Waals surface area contributed by atoms with Gasteiger partial charge in [0.1, 0.15) is 11.6 Å². The van der Waals surface area contributed by atoms with Crippen molar-refractivity contribution >= 4 is 11.6 Å². The predicted octanol–water partition coefficient (Wildman–Crippen LogP) is 2.30. The first kappa shape index (κ1) is 13.9. The van der Waals surface area contributed by atoms with E-state index in [1.165, 1.54) is 6.07 Å². The van der Waals surface area contributed by atoms with Gasteiger partial charge in [-0.1, -0.05) is 24.3 Å². The van der Waals surface area contributed by atoms with Crippen molar-refractivity contribution in [2.24, 2.45) is 5.73 Å². The molecule has 0 aromatic heterocycles. The molecule has 0 aliphatic carbocycles.